The lowest BCUT2D eigenvalue weighted by atomic mass is 10.0. The molecule has 0 aliphatic rings. The molecule has 30 heavy (non-hydrogen) atoms. The van der Waals surface area contributed by atoms with Crippen molar-refractivity contribution >= 4 is 66.7 Å². The molecule has 0 radical (unpaired) electrons. The molecule has 3 aromatic rings. The van der Waals surface area contributed by atoms with Crippen molar-refractivity contribution < 1.29 is 9.47 Å². The van der Waals surface area contributed by atoms with Crippen molar-refractivity contribution in [2.45, 2.75) is 6.61 Å². The molecule has 0 bridgehead atoms. The molecule has 7 heteroatoms. The molecule has 3 rings (SSSR count). The predicted molar refractivity (Wildman–Crippen MR) is 129 cm³/mol. The van der Waals surface area contributed by atoms with E-state index in [2.05, 4.69) is 37.9 Å². The van der Waals surface area contributed by atoms with Gasteiger partial charge < -0.3 is 9.47 Å². The highest BCUT2D eigenvalue weighted by Gasteiger charge is 2.12. The van der Waals surface area contributed by atoms with Gasteiger partial charge in [-0.2, -0.15) is 5.26 Å². The molecule has 0 atom stereocenters. The van der Waals surface area contributed by atoms with Gasteiger partial charge in [0.15, 0.2) is 11.5 Å². The van der Waals surface area contributed by atoms with Gasteiger partial charge in [0.2, 0.25) is 0 Å². The maximum atomic E-state index is 9.61. The third kappa shape index (κ3) is 5.59. The Kier molecular flexibility index (Phi) is 7.85. The molecule has 0 aromatic heterocycles. The van der Waals surface area contributed by atoms with E-state index in [4.69, 9.17) is 32.7 Å². The average Bonchev–Trinajstić information content (AvgIpc) is 2.73. The van der Waals surface area contributed by atoms with Crippen molar-refractivity contribution in [2.75, 3.05) is 7.11 Å². The molecule has 152 valence electrons. The molecule has 3 nitrogen and oxygen atoms in total. The summed E-state index contributed by atoms with van der Waals surface area (Å²) in [6.07, 6.45) is 1.80. The lowest BCUT2D eigenvalue weighted by Gasteiger charge is -2.14. The summed E-state index contributed by atoms with van der Waals surface area (Å²) >= 11 is 19.1. The van der Waals surface area contributed by atoms with Crippen LogP contribution in [0.3, 0.4) is 0 Å². The Morgan fingerprint density at radius 1 is 1.03 bits per heavy atom. The second kappa shape index (κ2) is 10.4. The summed E-state index contributed by atoms with van der Waals surface area (Å²) in [5, 5.41) is 10.7. The third-order valence-electron chi connectivity index (χ3n) is 4.26. The fraction of sp³-hybridized carbons (Fsp3) is 0.0870. The van der Waals surface area contributed by atoms with Crippen LogP contribution in [0.25, 0.3) is 11.6 Å². The van der Waals surface area contributed by atoms with Gasteiger partial charge in [-0.3, -0.25) is 0 Å². The minimum atomic E-state index is 0.260. The Morgan fingerprint density at radius 3 is 2.40 bits per heavy atom. The van der Waals surface area contributed by atoms with Gasteiger partial charge >= 0.3 is 0 Å². The molecule has 0 amide bonds. The Labute approximate surface area is 202 Å². The molecule has 0 saturated heterocycles. The van der Waals surface area contributed by atoms with Crippen molar-refractivity contribution in [3.63, 3.8) is 0 Å². The summed E-state index contributed by atoms with van der Waals surface area (Å²) in [4.78, 5) is 0. The Hall–Kier alpha value is -1.97. The first kappa shape index (κ1) is 22.7. The molecule has 0 heterocycles. The standard InChI is InChI=1S/C23H15Br2Cl2NO2/c1-29-22-9-16(8-17(12-28)14-2-5-18(24)6-3-14)20(25)11-23(22)30-13-15-4-7-19(26)10-21(15)27/h2-11H,13H2,1H3/b17-8+. The van der Waals surface area contributed by atoms with Gasteiger partial charge in [-0.25, -0.2) is 0 Å². The Balaban J connectivity index is 1.89. The third-order valence-corrected chi connectivity index (χ3v) is 6.06. The van der Waals surface area contributed by atoms with Crippen molar-refractivity contribution in [2.24, 2.45) is 0 Å². The van der Waals surface area contributed by atoms with Gasteiger partial charge in [-0.15, -0.1) is 0 Å². The normalized spacial score (nSPS) is 11.1. The van der Waals surface area contributed by atoms with Crippen LogP contribution in [-0.4, -0.2) is 7.11 Å². The maximum absolute atomic E-state index is 9.61. The van der Waals surface area contributed by atoms with E-state index in [1.807, 2.05) is 42.5 Å². The highest BCUT2D eigenvalue weighted by Crippen LogP contribution is 2.36. The number of methoxy groups -OCH3 is 1. The van der Waals surface area contributed by atoms with Gasteiger partial charge in [-0.05, 0) is 53.6 Å². The van der Waals surface area contributed by atoms with Crippen LogP contribution in [-0.2, 0) is 6.61 Å². The fourth-order valence-electron chi connectivity index (χ4n) is 2.69. The second-order valence-corrected chi connectivity index (χ2v) is 8.84. The van der Waals surface area contributed by atoms with E-state index in [0.717, 1.165) is 25.6 Å². The molecule has 0 aliphatic heterocycles. The van der Waals surface area contributed by atoms with Crippen LogP contribution in [0.15, 0.2) is 63.5 Å². The summed E-state index contributed by atoms with van der Waals surface area (Å²) in [5.74, 6) is 1.09. The number of halogens is 4. The highest BCUT2D eigenvalue weighted by atomic mass is 79.9. The van der Waals surface area contributed by atoms with E-state index in [1.54, 1.807) is 25.3 Å². The first-order valence-electron chi connectivity index (χ1n) is 8.73. The molecular weight excluding hydrogens is 553 g/mol. The van der Waals surface area contributed by atoms with E-state index in [-0.39, 0.29) is 6.61 Å². The molecule has 0 N–H and O–H groups in total. The molecule has 0 saturated carbocycles. The van der Waals surface area contributed by atoms with Gasteiger partial charge in [0.25, 0.3) is 0 Å². The topological polar surface area (TPSA) is 42.2 Å². The summed E-state index contributed by atoms with van der Waals surface area (Å²) in [6.45, 7) is 0.260. The monoisotopic (exact) mass is 565 g/mol. The lowest BCUT2D eigenvalue weighted by molar-refractivity contribution is 0.284. The Morgan fingerprint density at radius 2 is 1.77 bits per heavy atom. The largest absolute Gasteiger partial charge is 0.493 e. The minimum Gasteiger partial charge on any atom is -0.493 e. The molecular formula is C23H15Br2Cl2NO2. The summed E-state index contributed by atoms with van der Waals surface area (Å²) in [6, 6.07) is 18.7. The SMILES string of the molecule is COc1cc(/C=C(\C#N)c2ccc(Br)cc2)c(Br)cc1OCc1ccc(Cl)cc1Cl. The number of ether oxygens (including phenoxy) is 2. The van der Waals surface area contributed by atoms with Crippen molar-refractivity contribution in [3.8, 4) is 17.6 Å². The summed E-state index contributed by atoms with van der Waals surface area (Å²) in [5.41, 5.74) is 2.96. The highest BCUT2D eigenvalue weighted by molar-refractivity contribution is 9.10. The van der Waals surface area contributed by atoms with E-state index in [0.29, 0.717) is 27.1 Å². The first-order chi connectivity index (χ1) is 14.4. The molecule has 0 unspecified atom stereocenters. The lowest BCUT2D eigenvalue weighted by Crippen LogP contribution is -1.99. The summed E-state index contributed by atoms with van der Waals surface area (Å²) in [7, 11) is 1.57. The first-order valence-corrected chi connectivity index (χ1v) is 11.1. The smallest absolute Gasteiger partial charge is 0.162 e. The number of hydrogen-bond donors (Lipinski definition) is 0. The van der Waals surface area contributed by atoms with Gasteiger partial charge in [0.05, 0.1) is 18.8 Å². The van der Waals surface area contributed by atoms with E-state index < -0.39 is 0 Å². The van der Waals surface area contributed by atoms with Crippen LogP contribution in [0, 0.1) is 11.3 Å². The quantitative estimate of drug-likeness (QED) is 0.223. The van der Waals surface area contributed by atoms with Crippen LogP contribution in [0.1, 0.15) is 16.7 Å². The van der Waals surface area contributed by atoms with Crippen molar-refractivity contribution in [1.29, 1.82) is 5.26 Å². The van der Waals surface area contributed by atoms with Crippen LogP contribution in [0.4, 0.5) is 0 Å². The molecule has 0 spiro atoms. The molecule has 3 aromatic carbocycles. The fourth-order valence-corrected chi connectivity index (χ4v) is 3.86. The Bertz CT molecular complexity index is 1140. The second-order valence-electron chi connectivity index (χ2n) is 6.23. The van der Waals surface area contributed by atoms with Gasteiger partial charge in [-0.1, -0.05) is 73.3 Å². The zero-order valence-corrected chi connectivity index (χ0v) is 20.4. The summed E-state index contributed by atoms with van der Waals surface area (Å²) < 4.78 is 13.1. The van der Waals surface area contributed by atoms with Gasteiger partial charge in [0, 0.05) is 24.6 Å². The van der Waals surface area contributed by atoms with Gasteiger partial charge in [0.1, 0.15) is 6.61 Å². The number of rotatable bonds is 6. The zero-order chi connectivity index (χ0) is 21.7. The molecule has 0 fully saturated rings. The number of nitriles is 1. The maximum Gasteiger partial charge on any atom is 0.162 e. The van der Waals surface area contributed by atoms with E-state index >= 15 is 0 Å². The van der Waals surface area contributed by atoms with E-state index in [9.17, 15) is 5.26 Å². The van der Waals surface area contributed by atoms with E-state index in [1.165, 1.54) is 0 Å². The number of allylic oxidation sites excluding steroid dienone is 1. The zero-order valence-electron chi connectivity index (χ0n) is 15.8. The minimum absolute atomic E-state index is 0.260. The van der Waals surface area contributed by atoms with Crippen LogP contribution in [0.2, 0.25) is 10.0 Å². The predicted octanol–water partition coefficient (Wildman–Crippen LogP) is 8.17. The van der Waals surface area contributed by atoms with Crippen LogP contribution >= 0.6 is 55.1 Å². The van der Waals surface area contributed by atoms with Crippen LogP contribution in [0.5, 0.6) is 11.5 Å². The van der Waals surface area contributed by atoms with Crippen molar-refractivity contribution in [3.05, 3.63) is 90.3 Å². The number of nitrogens with zero attached hydrogens (tertiary/aromatic N) is 1. The number of benzene rings is 3. The number of hydrogen-bond acceptors (Lipinski definition) is 3. The van der Waals surface area contributed by atoms with Crippen molar-refractivity contribution in [1.82, 2.24) is 0 Å². The average molecular weight is 568 g/mol. The molecule has 0 aliphatic carbocycles. The van der Waals surface area contributed by atoms with Crippen LogP contribution < -0.4 is 9.47 Å².